The molecule has 25 heavy (non-hydrogen) atoms. The minimum absolute atomic E-state index is 0.697. The summed E-state index contributed by atoms with van der Waals surface area (Å²) < 4.78 is 11.5. The Balaban J connectivity index is 3.01. The number of hydrogen-bond acceptors (Lipinski definition) is 2. The minimum Gasteiger partial charge on any atom is -0.441 e. The first-order valence-electron chi connectivity index (χ1n) is 11.3. The van der Waals surface area contributed by atoms with Crippen LogP contribution in [-0.2, 0) is 8.54 Å². The van der Waals surface area contributed by atoms with Gasteiger partial charge in [0.2, 0.25) is 0 Å². The highest BCUT2D eigenvalue weighted by molar-refractivity contribution is 6.73. The van der Waals surface area contributed by atoms with Crippen molar-refractivity contribution in [2.24, 2.45) is 0 Å². The molecule has 0 aliphatic rings. The first-order chi connectivity index (χ1) is 12.1. The fraction of sp³-hybridized carbons (Fsp3) is 1.00. The van der Waals surface area contributed by atoms with Crippen molar-refractivity contribution < 1.29 is 8.54 Å². The molecular formula is C21H48O2Si2. The summed E-state index contributed by atoms with van der Waals surface area (Å²) in [6.45, 7) is 9.92. The van der Waals surface area contributed by atoms with Crippen LogP contribution < -0.4 is 0 Å². The summed E-state index contributed by atoms with van der Waals surface area (Å²) in [6, 6.07) is 0. The SMILES string of the molecule is CCCCCCCCCCCCCCCCCCO[SiH2]O[Si](C)(C)C. The van der Waals surface area contributed by atoms with Gasteiger partial charge in [-0.3, -0.25) is 0 Å². The highest BCUT2D eigenvalue weighted by atomic mass is 28.4. The second-order valence-electron chi connectivity index (χ2n) is 8.59. The molecule has 0 aromatic heterocycles. The van der Waals surface area contributed by atoms with E-state index in [2.05, 4.69) is 26.6 Å². The zero-order valence-electron chi connectivity index (χ0n) is 18.0. The van der Waals surface area contributed by atoms with Gasteiger partial charge in [0.15, 0.2) is 8.32 Å². The first-order valence-corrected chi connectivity index (χ1v) is 15.8. The van der Waals surface area contributed by atoms with Gasteiger partial charge in [-0.2, -0.15) is 0 Å². The van der Waals surface area contributed by atoms with Crippen LogP contribution >= 0.6 is 0 Å². The molecule has 0 rings (SSSR count). The van der Waals surface area contributed by atoms with Crippen LogP contribution in [0.5, 0.6) is 0 Å². The van der Waals surface area contributed by atoms with Crippen molar-refractivity contribution in [3.05, 3.63) is 0 Å². The van der Waals surface area contributed by atoms with Gasteiger partial charge in [-0.05, 0) is 26.1 Å². The fourth-order valence-corrected chi connectivity index (χ4v) is 5.10. The number of unbranched alkanes of at least 4 members (excludes halogenated alkanes) is 15. The lowest BCUT2D eigenvalue weighted by Crippen LogP contribution is -2.28. The van der Waals surface area contributed by atoms with Crippen LogP contribution in [0.1, 0.15) is 110 Å². The molecule has 0 saturated carbocycles. The van der Waals surface area contributed by atoms with E-state index in [-0.39, 0.29) is 0 Å². The van der Waals surface area contributed by atoms with Crippen LogP contribution in [0.25, 0.3) is 0 Å². The van der Waals surface area contributed by atoms with Gasteiger partial charge in [-0.1, -0.05) is 103 Å². The molecular weight excluding hydrogens is 340 g/mol. The summed E-state index contributed by atoms with van der Waals surface area (Å²) in [6.07, 6.45) is 22.8. The van der Waals surface area contributed by atoms with Crippen molar-refractivity contribution >= 4 is 18.3 Å². The van der Waals surface area contributed by atoms with Crippen molar-refractivity contribution in [3.63, 3.8) is 0 Å². The maximum atomic E-state index is 5.81. The summed E-state index contributed by atoms with van der Waals surface area (Å²) >= 11 is 0. The molecule has 0 aromatic carbocycles. The van der Waals surface area contributed by atoms with Crippen LogP contribution in [0.3, 0.4) is 0 Å². The van der Waals surface area contributed by atoms with Crippen molar-refractivity contribution in [2.45, 2.75) is 129 Å². The third kappa shape index (κ3) is 24.4. The third-order valence-electron chi connectivity index (χ3n) is 4.72. The Bertz CT molecular complexity index is 255. The van der Waals surface area contributed by atoms with E-state index in [4.69, 9.17) is 8.54 Å². The molecule has 0 radical (unpaired) electrons. The molecule has 0 bridgehead atoms. The van der Waals surface area contributed by atoms with Crippen molar-refractivity contribution in [1.29, 1.82) is 0 Å². The average molecular weight is 389 g/mol. The number of hydrogen-bond donors (Lipinski definition) is 0. The van der Waals surface area contributed by atoms with Gasteiger partial charge in [-0.15, -0.1) is 0 Å². The van der Waals surface area contributed by atoms with Crippen LogP contribution in [0, 0.1) is 0 Å². The summed E-state index contributed by atoms with van der Waals surface area (Å²) in [5.41, 5.74) is 0. The maximum absolute atomic E-state index is 5.81. The standard InChI is InChI=1S/C21H48O2Si2/c1-5-6-7-8-9-10-11-12-13-14-15-16-17-18-19-20-21-22-24-23-25(2,3)4/h5-21,24H2,1-4H3. The van der Waals surface area contributed by atoms with E-state index in [1.165, 1.54) is 103 Å². The topological polar surface area (TPSA) is 18.5 Å². The molecule has 152 valence electrons. The van der Waals surface area contributed by atoms with Crippen LogP contribution in [0.2, 0.25) is 19.6 Å². The fourth-order valence-electron chi connectivity index (χ4n) is 3.03. The zero-order chi connectivity index (χ0) is 18.6. The van der Waals surface area contributed by atoms with E-state index in [1.54, 1.807) is 0 Å². The highest BCUT2D eigenvalue weighted by Gasteiger charge is 2.12. The summed E-state index contributed by atoms with van der Waals surface area (Å²) in [5.74, 6) is 0. The largest absolute Gasteiger partial charge is 0.441 e. The Morgan fingerprint density at radius 3 is 1.28 bits per heavy atom. The van der Waals surface area contributed by atoms with Gasteiger partial charge in [0.25, 0.3) is 10.0 Å². The molecule has 2 nitrogen and oxygen atoms in total. The molecule has 0 heterocycles. The molecule has 0 spiro atoms. The molecule has 0 amide bonds. The highest BCUT2D eigenvalue weighted by Crippen LogP contribution is 2.13. The molecule has 0 aromatic rings. The molecule has 0 saturated heterocycles. The molecule has 0 fully saturated rings. The van der Waals surface area contributed by atoms with Crippen LogP contribution in [0.15, 0.2) is 0 Å². The average Bonchev–Trinajstić information content (AvgIpc) is 2.56. The monoisotopic (exact) mass is 388 g/mol. The van der Waals surface area contributed by atoms with Crippen molar-refractivity contribution in [1.82, 2.24) is 0 Å². The second-order valence-corrected chi connectivity index (χ2v) is 14.6. The van der Waals surface area contributed by atoms with E-state index in [9.17, 15) is 0 Å². The van der Waals surface area contributed by atoms with Crippen LogP contribution in [-0.4, -0.2) is 24.9 Å². The summed E-state index contributed by atoms with van der Waals surface area (Å²) in [4.78, 5) is 0. The normalized spacial score (nSPS) is 12.5. The van der Waals surface area contributed by atoms with E-state index in [1.807, 2.05) is 0 Å². The minimum atomic E-state index is -1.33. The molecule has 0 aliphatic carbocycles. The predicted octanol–water partition coefficient (Wildman–Crippen LogP) is 7.11. The molecule has 0 atom stereocenters. The van der Waals surface area contributed by atoms with Gasteiger partial charge in [0.05, 0.1) is 0 Å². The Morgan fingerprint density at radius 2 is 0.920 bits per heavy atom. The third-order valence-corrected chi connectivity index (χ3v) is 9.11. The smallest absolute Gasteiger partial charge is 0.294 e. The van der Waals surface area contributed by atoms with Gasteiger partial charge in [-0.25, -0.2) is 0 Å². The summed E-state index contributed by atoms with van der Waals surface area (Å²) in [5, 5.41) is 0. The quantitative estimate of drug-likeness (QED) is 0.163. The maximum Gasteiger partial charge on any atom is 0.294 e. The lowest BCUT2D eigenvalue weighted by molar-refractivity contribution is 0.278. The van der Waals surface area contributed by atoms with Gasteiger partial charge in [0, 0.05) is 6.61 Å². The summed E-state index contributed by atoms with van der Waals surface area (Å²) in [7, 11) is -2.03. The molecule has 0 N–H and O–H groups in total. The van der Waals surface area contributed by atoms with Gasteiger partial charge < -0.3 is 8.54 Å². The van der Waals surface area contributed by atoms with Crippen molar-refractivity contribution in [2.75, 3.05) is 6.61 Å². The lowest BCUT2D eigenvalue weighted by Gasteiger charge is -2.17. The molecule has 0 aliphatic heterocycles. The Kier molecular flexibility index (Phi) is 19.4. The van der Waals surface area contributed by atoms with Crippen LogP contribution in [0.4, 0.5) is 0 Å². The van der Waals surface area contributed by atoms with E-state index < -0.39 is 18.3 Å². The number of rotatable bonds is 20. The predicted molar refractivity (Wildman–Crippen MR) is 118 cm³/mol. The Hall–Kier alpha value is 0.354. The lowest BCUT2D eigenvalue weighted by atomic mass is 10.0. The Morgan fingerprint density at radius 1 is 0.560 bits per heavy atom. The first kappa shape index (κ1) is 25.4. The zero-order valence-corrected chi connectivity index (χ0v) is 20.5. The van der Waals surface area contributed by atoms with Gasteiger partial charge >= 0.3 is 0 Å². The Labute approximate surface area is 163 Å². The van der Waals surface area contributed by atoms with E-state index in [0.717, 1.165) is 6.61 Å². The molecule has 4 heteroatoms. The molecule has 0 unspecified atom stereocenters. The van der Waals surface area contributed by atoms with Crippen molar-refractivity contribution in [3.8, 4) is 0 Å². The second kappa shape index (κ2) is 19.1. The van der Waals surface area contributed by atoms with E-state index >= 15 is 0 Å². The van der Waals surface area contributed by atoms with Gasteiger partial charge in [0.1, 0.15) is 0 Å². The van der Waals surface area contributed by atoms with E-state index in [0.29, 0.717) is 0 Å².